The molecule has 0 unspecified atom stereocenters. The first kappa shape index (κ1) is 17.8. The quantitative estimate of drug-likeness (QED) is 0.566. The number of hydrogen-bond acceptors (Lipinski definition) is 3. The van der Waals surface area contributed by atoms with Gasteiger partial charge in [0.15, 0.2) is 0 Å². The van der Waals surface area contributed by atoms with Crippen molar-refractivity contribution >= 4 is 27.7 Å². The van der Waals surface area contributed by atoms with Crippen molar-refractivity contribution < 1.29 is 18.0 Å². The molecule has 2 heterocycles. The van der Waals surface area contributed by atoms with Crippen molar-refractivity contribution in [3.8, 4) is 11.1 Å². The SMILES string of the molecule is NC(=O)c1ccccc1-c1ccc2c3[nH]ncc3c(=O)n(CC(F)(F)F)c2c1. The number of H-pyrrole nitrogens is 1. The van der Waals surface area contributed by atoms with E-state index in [0.717, 1.165) is 0 Å². The fourth-order valence-electron chi connectivity index (χ4n) is 3.33. The van der Waals surface area contributed by atoms with Crippen molar-refractivity contribution in [2.45, 2.75) is 12.7 Å². The van der Waals surface area contributed by atoms with Crippen LogP contribution in [0.4, 0.5) is 13.2 Å². The lowest BCUT2D eigenvalue weighted by Gasteiger charge is -2.15. The summed E-state index contributed by atoms with van der Waals surface area (Å²) in [5, 5.41) is 6.94. The Morgan fingerprint density at radius 2 is 1.89 bits per heavy atom. The van der Waals surface area contributed by atoms with E-state index in [9.17, 15) is 22.8 Å². The van der Waals surface area contributed by atoms with E-state index >= 15 is 0 Å². The van der Waals surface area contributed by atoms with Gasteiger partial charge in [0.25, 0.3) is 5.56 Å². The molecule has 4 aromatic rings. The Morgan fingerprint density at radius 1 is 1.14 bits per heavy atom. The molecule has 0 bridgehead atoms. The van der Waals surface area contributed by atoms with Crippen LogP contribution in [0.15, 0.2) is 53.5 Å². The first-order valence-electron chi connectivity index (χ1n) is 8.22. The zero-order chi connectivity index (χ0) is 20.1. The van der Waals surface area contributed by atoms with E-state index in [-0.39, 0.29) is 16.5 Å². The third-order valence-corrected chi connectivity index (χ3v) is 4.51. The van der Waals surface area contributed by atoms with E-state index < -0.39 is 24.2 Å². The number of carbonyl (C=O) groups excluding carboxylic acids is 1. The van der Waals surface area contributed by atoms with Crippen LogP contribution in [0.5, 0.6) is 0 Å². The minimum atomic E-state index is -4.59. The molecule has 28 heavy (non-hydrogen) atoms. The highest BCUT2D eigenvalue weighted by Crippen LogP contribution is 2.30. The molecule has 6 nitrogen and oxygen atoms in total. The molecule has 0 radical (unpaired) electrons. The number of fused-ring (bicyclic) bond motifs is 3. The Bertz CT molecular complexity index is 1290. The average Bonchev–Trinajstić information content (AvgIpc) is 3.14. The fourth-order valence-corrected chi connectivity index (χ4v) is 3.33. The second kappa shape index (κ2) is 6.22. The summed E-state index contributed by atoms with van der Waals surface area (Å²) < 4.78 is 40.0. The predicted molar refractivity (Wildman–Crippen MR) is 97.9 cm³/mol. The van der Waals surface area contributed by atoms with Crippen LogP contribution in [0, 0.1) is 0 Å². The van der Waals surface area contributed by atoms with E-state index in [4.69, 9.17) is 5.73 Å². The molecular formula is C19H13F3N4O2. The number of aromatic amines is 1. The van der Waals surface area contributed by atoms with Gasteiger partial charge in [0.1, 0.15) is 6.54 Å². The number of amides is 1. The number of nitrogens with zero attached hydrogens (tertiary/aromatic N) is 2. The molecular weight excluding hydrogens is 373 g/mol. The molecule has 1 amide bonds. The number of aromatic nitrogens is 3. The number of primary amides is 1. The number of alkyl halides is 3. The van der Waals surface area contributed by atoms with Crippen molar-refractivity contribution in [2.24, 2.45) is 5.73 Å². The molecule has 142 valence electrons. The van der Waals surface area contributed by atoms with E-state index in [1.54, 1.807) is 30.3 Å². The summed E-state index contributed by atoms with van der Waals surface area (Å²) in [6, 6.07) is 11.2. The van der Waals surface area contributed by atoms with Crippen LogP contribution in [0.3, 0.4) is 0 Å². The van der Waals surface area contributed by atoms with Gasteiger partial charge in [0.05, 0.1) is 22.6 Å². The molecule has 9 heteroatoms. The number of halogens is 3. The van der Waals surface area contributed by atoms with Crippen LogP contribution >= 0.6 is 0 Å². The summed E-state index contributed by atoms with van der Waals surface area (Å²) in [5.41, 5.74) is 6.21. The molecule has 0 saturated heterocycles. The van der Waals surface area contributed by atoms with Gasteiger partial charge in [0.2, 0.25) is 5.91 Å². The average molecular weight is 386 g/mol. The molecule has 0 atom stereocenters. The molecule has 2 aromatic heterocycles. The lowest BCUT2D eigenvalue weighted by molar-refractivity contribution is -0.140. The first-order valence-corrected chi connectivity index (χ1v) is 8.22. The largest absolute Gasteiger partial charge is 0.406 e. The number of rotatable bonds is 3. The number of carbonyl (C=O) groups is 1. The summed E-state index contributed by atoms with van der Waals surface area (Å²) >= 11 is 0. The molecule has 2 aromatic carbocycles. The standard InChI is InChI=1S/C19H13F3N4O2/c20-19(21,22)9-26-15-7-10(11-3-1-2-4-12(11)17(23)27)5-6-13(15)16-14(18(26)28)8-24-25-16/h1-8H,9H2,(H2,23,27)(H,24,25). The Morgan fingerprint density at radius 3 is 2.61 bits per heavy atom. The zero-order valence-electron chi connectivity index (χ0n) is 14.2. The van der Waals surface area contributed by atoms with Crippen LogP contribution in [0.2, 0.25) is 0 Å². The third kappa shape index (κ3) is 2.90. The number of nitrogens with two attached hydrogens (primary N) is 1. The summed E-state index contributed by atoms with van der Waals surface area (Å²) in [6.45, 7) is -1.44. The Hall–Kier alpha value is -3.62. The molecule has 0 saturated carbocycles. The Labute approximate surface area is 155 Å². The lowest BCUT2D eigenvalue weighted by Crippen LogP contribution is -2.28. The first-order chi connectivity index (χ1) is 13.3. The van der Waals surface area contributed by atoms with Gasteiger partial charge in [-0.3, -0.25) is 19.3 Å². The Kier molecular flexibility index (Phi) is 3.95. The fraction of sp³-hybridized carbons (Fsp3) is 0.105. The van der Waals surface area contributed by atoms with E-state index in [1.165, 1.54) is 18.3 Å². The van der Waals surface area contributed by atoms with Crippen LogP contribution in [0.1, 0.15) is 10.4 Å². The maximum atomic E-state index is 13.1. The maximum Gasteiger partial charge on any atom is 0.406 e. The number of nitrogens with one attached hydrogen (secondary N) is 1. The van der Waals surface area contributed by atoms with Gasteiger partial charge in [0, 0.05) is 10.9 Å². The Balaban J connectivity index is 2.07. The van der Waals surface area contributed by atoms with Gasteiger partial charge in [-0.05, 0) is 23.3 Å². The molecule has 0 aliphatic rings. The minimum absolute atomic E-state index is 0.0713. The molecule has 3 N–H and O–H groups in total. The van der Waals surface area contributed by atoms with E-state index in [2.05, 4.69) is 10.2 Å². The van der Waals surface area contributed by atoms with Gasteiger partial charge < -0.3 is 5.73 Å². The van der Waals surface area contributed by atoms with Crippen LogP contribution < -0.4 is 11.3 Å². The van der Waals surface area contributed by atoms with Gasteiger partial charge in [-0.25, -0.2) is 0 Å². The highest BCUT2D eigenvalue weighted by molar-refractivity contribution is 6.05. The summed E-state index contributed by atoms with van der Waals surface area (Å²) in [5.74, 6) is -0.660. The number of hydrogen-bond donors (Lipinski definition) is 2. The third-order valence-electron chi connectivity index (χ3n) is 4.51. The number of pyridine rings is 1. The number of benzene rings is 2. The zero-order valence-corrected chi connectivity index (χ0v) is 14.2. The van der Waals surface area contributed by atoms with Crippen molar-refractivity contribution in [1.82, 2.24) is 14.8 Å². The van der Waals surface area contributed by atoms with Crippen LogP contribution in [-0.4, -0.2) is 26.8 Å². The minimum Gasteiger partial charge on any atom is -0.366 e. The molecule has 0 aliphatic carbocycles. The smallest absolute Gasteiger partial charge is 0.366 e. The summed E-state index contributed by atoms with van der Waals surface area (Å²) in [6.07, 6.45) is -3.38. The summed E-state index contributed by atoms with van der Waals surface area (Å²) in [4.78, 5) is 24.3. The van der Waals surface area contributed by atoms with Crippen molar-refractivity contribution in [2.75, 3.05) is 0 Å². The van der Waals surface area contributed by atoms with Gasteiger partial charge in [-0.1, -0.05) is 30.3 Å². The topological polar surface area (TPSA) is 93.8 Å². The van der Waals surface area contributed by atoms with Gasteiger partial charge >= 0.3 is 6.18 Å². The second-order valence-electron chi connectivity index (χ2n) is 6.31. The lowest BCUT2D eigenvalue weighted by atomic mass is 9.97. The monoisotopic (exact) mass is 386 g/mol. The normalized spacial score (nSPS) is 12.0. The summed E-state index contributed by atoms with van der Waals surface area (Å²) in [7, 11) is 0. The highest BCUT2D eigenvalue weighted by Gasteiger charge is 2.30. The molecule has 0 spiro atoms. The maximum absolute atomic E-state index is 13.1. The molecule has 0 fully saturated rings. The van der Waals surface area contributed by atoms with Gasteiger partial charge in [-0.2, -0.15) is 18.3 Å². The van der Waals surface area contributed by atoms with E-state index in [1.807, 2.05) is 0 Å². The molecule has 4 rings (SSSR count). The predicted octanol–water partition coefficient (Wildman–Crippen LogP) is 3.21. The van der Waals surface area contributed by atoms with Crippen LogP contribution in [0.25, 0.3) is 32.9 Å². The van der Waals surface area contributed by atoms with Crippen LogP contribution in [-0.2, 0) is 6.54 Å². The van der Waals surface area contributed by atoms with Crippen molar-refractivity contribution in [1.29, 1.82) is 0 Å². The highest BCUT2D eigenvalue weighted by atomic mass is 19.4. The van der Waals surface area contributed by atoms with E-state index in [0.29, 0.717) is 26.6 Å². The van der Waals surface area contributed by atoms with Crippen molar-refractivity contribution in [3.05, 3.63) is 64.6 Å². The van der Waals surface area contributed by atoms with Crippen molar-refractivity contribution in [3.63, 3.8) is 0 Å². The second-order valence-corrected chi connectivity index (χ2v) is 6.31. The molecule has 0 aliphatic heterocycles. The van der Waals surface area contributed by atoms with Gasteiger partial charge in [-0.15, -0.1) is 0 Å².